The minimum atomic E-state index is -0.631. The number of hydrogen-bond acceptors (Lipinski definition) is 8. The second kappa shape index (κ2) is 8.95. The fourth-order valence-electron chi connectivity index (χ4n) is 5.88. The molecule has 0 bridgehead atoms. The van der Waals surface area contributed by atoms with E-state index in [-0.39, 0.29) is 12.0 Å². The van der Waals surface area contributed by atoms with Crippen LogP contribution in [-0.2, 0) is 11.3 Å². The van der Waals surface area contributed by atoms with Crippen molar-refractivity contribution >= 4 is 28.6 Å². The average molecular weight is 522 g/mol. The van der Waals surface area contributed by atoms with Crippen LogP contribution in [0.15, 0.2) is 33.7 Å². The van der Waals surface area contributed by atoms with Gasteiger partial charge in [0.15, 0.2) is 0 Å². The van der Waals surface area contributed by atoms with E-state index < -0.39 is 5.76 Å². The number of halogens is 1. The van der Waals surface area contributed by atoms with Crippen molar-refractivity contribution in [3.63, 3.8) is 0 Å². The van der Waals surface area contributed by atoms with E-state index in [1.54, 1.807) is 12.4 Å². The van der Waals surface area contributed by atoms with Crippen LogP contribution >= 0.6 is 11.6 Å². The standard InChI is InChI=1S/C26H28ClN7O3/c1-14-2-4-15(5-3-14)13-34-23-18(30-25(34)33-6-7-36-21-10-20(21)33)9-19(24-31-32-26(35)37-24)29-22(23)16-8-17(27)12-28-11-16/h8-9,11-12,14-15,20-21H,2-7,10,13H2,1H3,(H,32,35). The number of pyridine rings is 2. The van der Waals surface area contributed by atoms with Gasteiger partial charge in [0.05, 0.1) is 40.5 Å². The fourth-order valence-corrected chi connectivity index (χ4v) is 6.05. The predicted molar refractivity (Wildman–Crippen MR) is 138 cm³/mol. The highest BCUT2D eigenvalue weighted by molar-refractivity contribution is 6.30. The van der Waals surface area contributed by atoms with Crippen molar-refractivity contribution in [2.75, 3.05) is 18.1 Å². The van der Waals surface area contributed by atoms with Crippen molar-refractivity contribution in [1.82, 2.24) is 29.7 Å². The Morgan fingerprint density at radius 3 is 2.81 bits per heavy atom. The van der Waals surface area contributed by atoms with Crippen LogP contribution in [-0.4, -0.2) is 55.0 Å². The molecular formula is C26H28ClN7O3. The lowest BCUT2D eigenvalue weighted by molar-refractivity contribution is 0.102. The number of ether oxygens (including phenoxy) is 1. The Morgan fingerprint density at radius 1 is 1.16 bits per heavy atom. The Labute approximate surface area is 218 Å². The zero-order valence-corrected chi connectivity index (χ0v) is 21.3. The van der Waals surface area contributed by atoms with E-state index in [0.29, 0.717) is 35.0 Å². The van der Waals surface area contributed by atoms with Gasteiger partial charge in [-0.1, -0.05) is 31.4 Å². The number of imidazole rings is 1. The molecule has 7 rings (SSSR count). The predicted octanol–water partition coefficient (Wildman–Crippen LogP) is 4.29. The molecule has 192 valence electrons. The van der Waals surface area contributed by atoms with Crippen molar-refractivity contribution in [3.8, 4) is 22.8 Å². The number of rotatable bonds is 5. The molecule has 1 N–H and O–H groups in total. The maximum Gasteiger partial charge on any atom is 0.434 e. The molecule has 10 nitrogen and oxygen atoms in total. The molecule has 0 aromatic carbocycles. The van der Waals surface area contributed by atoms with Gasteiger partial charge in [-0.25, -0.2) is 19.9 Å². The summed E-state index contributed by atoms with van der Waals surface area (Å²) in [6.45, 7) is 4.71. The van der Waals surface area contributed by atoms with Crippen LogP contribution < -0.4 is 10.7 Å². The molecule has 0 amide bonds. The van der Waals surface area contributed by atoms with Gasteiger partial charge in [0, 0.05) is 31.0 Å². The first-order valence-electron chi connectivity index (χ1n) is 13.0. The van der Waals surface area contributed by atoms with E-state index in [1.807, 2.05) is 12.1 Å². The van der Waals surface area contributed by atoms with Crippen LogP contribution in [0.2, 0.25) is 5.02 Å². The summed E-state index contributed by atoms with van der Waals surface area (Å²) >= 11 is 6.35. The van der Waals surface area contributed by atoms with Crippen LogP contribution in [0, 0.1) is 11.8 Å². The highest BCUT2D eigenvalue weighted by Crippen LogP contribution is 2.41. The smallest absolute Gasteiger partial charge is 0.386 e. The Hall–Kier alpha value is -3.24. The van der Waals surface area contributed by atoms with E-state index >= 15 is 0 Å². The number of fused-ring (bicyclic) bond motifs is 2. The number of aromatic amines is 1. The summed E-state index contributed by atoms with van der Waals surface area (Å²) in [5, 5.41) is 6.86. The summed E-state index contributed by atoms with van der Waals surface area (Å²) < 4.78 is 13.5. The molecule has 4 aromatic rings. The topological polar surface area (TPSA) is 115 Å². The van der Waals surface area contributed by atoms with Crippen LogP contribution in [0.1, 0.15) is 39.0 Å². The molecule has 3 fully saturated rings. The highest BCUT2D eigenvalue weighted by atomic mass is 35.5. The Morgan fingerprint density at radius 2 is 2.03 bits per heavy atom. The second-order valence-electron chi connectivity index (χ2n) is 10.6. The van der Waals surface area contributed by atoms with E-state index in [9.17, 15) is 4.79 Å². The molecule has 5 heterocycles. The van der Waals surface area contributed by atoms with Crippen LogP contribution in [0.5, 0.6) is 0 Å². The van der Waals surface area contributed by atoms with Gasteiger partial charge < -0.3 is 18.6 Å². The highest BCUT2D eigenvalue weighted by Gasteiger charge is 2.47. The third-order valence-corrected chi connectivity index (χ3v) is 8.14. The lowest BCUT2D eigenvalue weighted by Crippen LogP contribution is -2.38. The Balaban J connectivity index is 1.44. The zero-order chi connectivity index (χ0) is 25.1. The summed E-state index contributed by atoms with van der Waals surface area (Å²) in [4.78, 5) is 28.5. The fraction of sp³-hybridized carbons (Fsp3) is 0.500. The van der Waals surface area contributed by atoms with Crippen molar-refractivity contribution < 1.29 is 9.15 Å². The van der Waals surface area contributed by atoms with Crippen molar-refractivity contribution in [1.29, 1.82) is 0 Å². The van der Waals surface area contributed by atoms with Gasteiger partial charge in [0.25, 0.3) is 5.89 Å². The molecule has 3 aliphatic rings. The quantitative estimate of drug-likeness (QED) is 0.413. The van der Waals surface area contributed by atoms with Gasteiger partial charge in [0.1, 0.15) is 5.69 Å². The van der Waals surface area contributed by atoms with Gasteiger partial charge in [-0.2, -0.15) is 0 Å². The zero-order valence-electron chi connectivity index (χ0n) is 20.6. The molecule has 11 heteroatoms. The monoisotopic (exact) mass is 521 g/mol. The number of morpholine rings is 1. The van der Waals surface area contributed by atoms with Crippen LogP contribution in [0.25, 0.3) is 33.9 Å². The molecule has 0 spiro atoms. The maximum atomic E-state index is 11.7. The molecule has 1 aliphatic heterocycles. The van der Waals surface area contributed by atoms with Crippen molar-refractivity contribution in [2.24, 2.45) is 11.8 Å². The van der Waals surface area contributed by atoms with E-state index in [4.69, 9.17) is 30.7 Å². The molecule has 2 unspecified atom stereocenters. The SMILES string of the molecule is CC1CCC(Cn2c(N3CCOC4CC43)nc3cc(-c4n[nH]c(=O)o4)nc(-c4cncc(Cl)c4)c32)CC1. The summed E-state index contributed by atoms with van der Waals surface area (Å²) in [5.74, 6) is 1.78. The minimum absolute atomic E-state index is 0.120. The summed E-state index contributed by atoms with van der Waals surface area (Å²) in [5.41, 5.74) is 3.59. The molecule has 37 heavy (non-hydrogen) atoms. The van der Waals surface area contributed by atoms with Crippen LogP contribution in [0.4, 0.5) is 5.95 Å². The lowest BCUT2D eigenvalue weighted by Gasteiger charge is -2.31. The molecule has 2 aliphatic carbocycles. The molecule has 2 atom stereocenters. The third-order valence-electron chi connectivity index (χ3n) is 7.94. The molecule has 4 aromatic heterocycles. The normalized spacial score (nSPS) is 25.4. The maximum absolute atomic E-state index is 11.7. The number of nitrogens with zero attached hydrogens (tertiary/aromatic N) is 6. The van der Waals surface area contributed by atoms with E-state index in [1.165, 1.54) is 25.7 Å². The Bertz CT molecular complexity index is 1520. The van der Waals surface area contributed by atoms with Crippen LogP contribution in [0.3, 0.4) is 0 Å². The van der Waals surface area contributed by atoms with Gasteiger partial charge in [0.2, 0.25) is 5.95 Å². The molecule has 2 saturated carbocycles. The molecule has 1 saturated heterocycles. The number of H-pyrrole nitrogens is 1. The minimum Gasteiger partial charge on any atom is -0.386 e. The molecule has 0 radical (unpaired) electrons. The van der Waals surface area contributed by atoms with Gasteiger partial charge >= 0.3 is 5.76 Å². The van der Waals surface area contributed by atoms with E-state index in [0.717, 1.165) is 48.0 Å². The first kappa shape index (κ1) is 22.9. The summed E-state index contributed by atoms with van der Waals surface area (Å²) in [7, 11) is 0. The average Bonchev–Trinajstić information content (AvgIpc) is 3.44. The summed E-state index contributed by atoms with van der Waals surface area (Å²) in [6.07, 6.45) is 9.56. The summed E-state index contributed by atoms with van der Waals surface area (Å²) in [6, 6.07) is 4.05. The van der Waals surface area contributed by atoms with Gasteiger partial charge in [-0.15, -0.1) is 5.10 Å². The van der Waals surface area contributed by atoms with Gasteiger partial charge in [-0.05, 0) is 43.2 Å². The lowest BCUT2D eigenvalue weighted by atomic mass is 9.83. The first-order chi connectivity index (χ1) is 18.0. The second-order valence-corrected chi connectivity index (χ2v) is 11.0. The molecular weight excluding hydrogens is 494 g/mol. The third kappa shape index (κ3) is 4.21. The van der Waals surface area contributed by atoms with E-state index in [2.05, 4.69) is 31.6 Å². The number of hydrogen-bond donors (Lipinski definition) is 1. The van der Waals surface area contributed by atoms with Gasteiger partial charge in [-0.3, -0.25) is 4.98 Å². The largest absolute Gasteiger partial charge is 0.434 e. The number of nitrogens with one attached hydrogen (secondary N) is 1. The number of aromatic nitrogens is 6. The Kier molecular flexibility index (Phi) is 5.54. The van der Waals surface area contributed by atoms with Crippen molar-refractivity contribution in [2.45, 2.75) is 57.7 Å². The first-order valence-corrected chi connectivity index (χ1v) is 13.4. The van der Waals surface area contributed by atoms with Crippen molar-refractivity contribution in [3.05, 3.63) is 40.1 Å². The number of anilines is 1.